The average Bonchev–Trinajstić information content (AvgIpc) is 3.23. The molecule has 0 bridgehead atoms. The molecule has 4 heterocycles. The molecule has 304 valence electrons. The Kier molecular flexibility index (Phi) is 11.9. The van der Waals surface area contributed by atoms with E-state index in [-0.39, 0.29) is 65.1 Å². The summed E-state index contributed by atoms with van der Waals surface area (Å²) in [5, 5.41) is 12.1. The van der Waals surface area contributed by atoms with Gasteiger partial charge in [0.15, 0.2) is 5.82 Å². The van der Waals surface area contributed by atoms with Crippen LogP contribution in [-0.2, 0) is 14.4 Å². The third kappa shape index (κ3) is 9.12. The summed E-state index contributed by atoms with van der Waals surface area (Å²) in [6.07, 6.45) is 12.1. The van der Waals surface area contributed by atoms with Gasteiger partial charge in [0.1, 0.15) is 17.6 Å². The predicted octanol–water partition coefficient (Wildman–Crippen LogP) is 6.27. The fourth-order valence-corrected chi connectivity index (χ4v) is 9.26. The summed E-state index contributed by atoms with van der Waals surface area (Å²) >= 11 is 0. The molecule has 2 aliphatic heterocycles. The fraction of sp³-hybridized carbons (Fsp3) is 0.455. The Balaban J connectivity index is 0.760. The first-order chi connectivity index (χ1) is 28.2. The van der Waals surface area contributed by atoms with E-state index in [9.17, 15) is 23.6 Å². The Morgan fingerprint density at radius 3 is 2.28 bits per heavy atom. The number of pyridine rings is 1. The van der Waals surface area contributed by atoms with Crippen LogP contribution < -0.4 is 26.8 Å². The zero-order chi connectivity index (χ0) is 40.2. The third-order valence-corrected chi connectivity index (χ3v) is 12.5. The van der Waals surface area contributed by atoms with Crippen molar-refractivity contribution in [2.75, 3.05) is 23.7 Å². The van der Waals surface area contributed by atoms with Crippen LogP contribution in [0.5, 0.6) is 0 Å². The molecular weight excluding hydrogens is 743 g/mol. The second kappa shape index (κ2) is 17.6. The standard InChI is InChI=1S/C44H50F2N8O4/c45-36-24-32(49-38-16-17-39(55)52-43(38)58)12-15-34(36)26-18-21-54(22-19-26)33-13-10-30(11-14-33)50-41(56)27-6-8-31(9-7-27)51-44-48-25-37(46)40(53-44)29-4-1-3-28(23-29)35-5-2-20-47-42(35)57/h1-5,12,15,20,23-27,30-31,33,38,49H,6-11,13-14,16-19,21-22H2,(H,47,57)(H,50,56)(H,48,51,53)(H,52,55,58)/t27?,30?,31?,33?,38-/m0/s1. The summed E-state index contributed by atoms with van der Waals surface area (Å²) in [4.78, 5) is 63.2. The maximum absolute atomic E-state index is 15.3. The van der Waals surface area contributed by atoms with E-state index >= 15 is 4.39 Å². The van der Waals surface area contributed by atoms with Gasteiger partial charge in [0.25, 0.3) is 5.56 Å². The number of aromatic amines is 1. The third-order valence-electron chi connectivity index (χ3n) is 12.5. The number of benzene rings is 2. The number of H-pyrrole nitrogens is 1. The lowest BCUT2D eigenvalue weighted by Gasteiger charge is -2.41. The molecule has 4 aliphatic rings. The number of anilines is 2. The van der Waals surface area contributed by atoms with E-state index in [1.165, 1.54) is 6.07 Å². The first-order valence-corrected chi connectivity index (χ1v) is 20.7. The van der Waals surface area contributed by atoms with Crippen LogP contribution in [0.2, 0.25) is 0 Å². The lowest BCUT2D eigenvalue weighted by molar-refractivity contribution is -0.133. The van der Waals surface area contributed by atoms with Gasteiger partial charge in [-0.25, -0.2) is 18.7 Å². The quantitative estimate of drug-likeness (QED) is 0.117. The normalized spacial score (nSPS) is 24.5. The minimum atomic E-state index is -0.553. The molecule has 2 aromatic carbocycles. The number of halogens is 2. The maximum atomic E-state index is 15.3. The molecule has 58 heavy (non-hydrogen) atoms. The smallest absolute Gasteiger partial charge is 0.255 e. The van der Waals surface area contributed by atoms with Crippen LogP contribution in [0.25, 0.3) is 22.4 Å². The van der Waals surface area contributed by atoms with Crippen molar-refractivity contribution in [3.63, 3.8) is 0 Å². The molecule has 12 nitrogen and oxygen atoms in total. The summed E-state index contributed by atoms with van der Waals surface area (Å²) in [6, 6.07) is 15.8. The molecule has 1 atom stereocenters. The molecule has 2 aromatic heterocycles. The van der Waals surface area contributed by atoms with Crippen LogP contribution in [0.3, 0.4) is 0 Å². The van der Waals surface area contributed by atoms with Crippen molar-refractivity contribution in [2.45, 2.75) is 107 Å². The van der Waals surface area contributed by atoms with Crippen LogP contribution in [0.1, 0.15) is 88.5 Å². The molecular formula is C44H50F2N8O4. The minimum Gasteiger partial charge on any atom is -0.374 e. The predicted molar refractivity (Wildman–Crippen MR) is 217 cm³/mol. The molecule has 2 saturated carbocycles. The number of hydrogen-bond donors (Lipinski definition) is 5. The lowest BCUT2D eigenvalue weighted by atomic mass is 9.83. The summed E-state index contributed by atoms with van der Waals surface area (Å²) in [7, 11) is 0. The molecule has 5 N–H and O–H groups in total. The van der Waals surface area contributed by atoms with Crippen LogP contribution in [0.15, 0.2) is 71.8 Å². The van der Waals surface area contributed by atoms with Gasteiger partial charge in [-0.3, -0.25) is 24.5 Å². The SMILES string of the molecule is O=C1CC[C@H](Nc2ccc(C3CCN(C4CCC(NC(=O)C5CCC(Nc6ncc(F)c(-c7cccc(-c8ccc[nH]c8=O)c7)n6)CC5)CC4)CC3)c(F)c2)C(=O)N1. The van der Waals surface area contributed by atoms with Gasteiger partial charge in [0.05, 0.1) is 6.20 Å². The van der Waals surface area contributed by atoms with Crippen LogP contribution in [0, 0.1) is 17.6 Å². The molecule has 0 radical (unpaired) electrons. The van der Waals surface area contributed by atoms with Crippen molar-refractivity contribution in [2.24, 2.45) is 5.92 Å². The maximum Gasteiger partial charge on any atom is 0.255 e. The summed E-state index contributed by atoms with van der Waals surface area (Å²) < 4.78 is 30.2. The Bertz CT molecular complexity index is 2190. The number of rotatable bonds is 10. The van der Waals surface area contributed by atoms with Crippen molar-refractivity contribution in [3.8, 4) is 22.4 Å². The summed E-state index contributed by atoms with van der Waals surface area (Å²) in [5.74, 6) is -0.935. The zero-order valence-corrected chi connectivity index (χ0v) is 32.4. The van der Waals surface area contributed by atoms with Gasteiger partial charge in [0.2, 0.25) is 23.7 Å². The zero-order valence-electron chi connectivity index (χ0n) is 32.4. The molecule has 4 aromatic rings. The number of nitrogens with zero attached hydrogens (tertiary/aromatic N) is 3. The monoisotopic (exact) mass is 792 g/mol. The molecule has 4 fully saturated rings. The van der Waals surface area contributed by atoms with Crippen molar-refractivity contribution in [1.82, 2.24) is 30.5 Å². The number of hydrogen-bond acceptors (Lipinski definition) is 9. The number of likely N-dealkylation sites (tertiary alicyclic amines) is 1. The molecule has 0 unspecified atom stereocenters. The number of nitrogens with one attached hydrogen (secondary N) is 5. The van der Waals surface area contributed by atoms with Gasteiger partial charge in [-0.1, -0.05) is 24.3 Å². The van der Waals surface area contributed by atoms with Gasteiger partial charge in [-0.15, -0.1) is 0 Å². The first kappa shape index (κ1) is 39.3. The number of amides is 3. The highest BCUT2D eigenvalue weighted by Gasteiger charge is 2.33. The highest BCUT2D eigenvalue weighted by Crippen LogP contribution is 2.35. The molecule has 0 spiro atoms. The van der Waals surface area contributed by atoms with E-state index < -0.39 is 11.9 Å². The Labute approximate surface area is 336 Å². The summed E-state index contributed by atoms with van der Waals surface area (Å²) in [5.41, 5.74) is 2.87. The van der Waals surface area contributed by atoms with Crippen molar-refractivity contribution < 1.29 is 23.2 Å². The molecule has 2 aliphatic carbocycles. The second-order valence-electron chi connectivity index (χ2n) is 16.3. The topological polar surface area (TPSA) is 161 Å². The molecule has 2 saturated heterocycles. The Hall–Kier alpha value is -5.50. The van der Waals surface area contributed by atoms with Crippen molar-refractivity contribution in [3.05, 3.63) is 94.5 Å². The van der Waals surface area contributed by atoms with Gasteiger partial charge in [-0.2, -0.15) is 0 Å². The average molecular weight is 793 g/mol. The molecule has 14 heteroatoms. The van der Waals surface area contributed by atoms with Crippen LogP contribution in [-0.4, -0.2) is 74.8 Å². The van der Waals surface area contributed by atoms with E-state index in [0.717, 1.165) is 83.5 Å². The van der Waals surface area contributed by atoms with Crippen LogP contribution >= 0.6 is 0 Å². The largest absolute Gasteiger partial charge is 0.374 e. The first-order valence-electron chi connectivity index (χ1n) is 20.7. The highest BCUT2D eigenvalue weighted by atomic mass is 19.1. The minimum absolute atomic E-state index is 0.0500. The number of carbonyl (C=O) groups excluding carboxylic acids is 3. The van der Waals surface area contributed by atoms with Gasteiger partial charge >= 0.3 is 0 Å². The van der Waals surface area contributed by atoms with Crippen LogP contribution in [0.4, 0.5) is 20.4 Å². The fourth-order valence-electron chi connectivity index (χ4n) is 9.26. The van der Waals surface area contributed by atoms with Crippen molar-refractivity contribution in [1.29, 1.82) is 0 Å². The number of carbonyl (C=O) groups is 3. The number of imide groups is 1. The van der Waals surface area contributed by atoms with Crippen molar-refractivity contribution >= 4 is 29.4 Å². The van der Waals surface area contributed by atoms with E-state index in [1.807, 2.05) is 12.1 Å². The van der Waals surface area contributed by atoms with Gasteiger partial charge in [-0.05, 0) is 131 Å². The molecule has 8 rings (SSSR count). The van der Waals surface area contributed by atoms with E-state index in [4.69, 9.17) is 0 Å². The lowest BCUT2D eigenvalue weighted by Crippen LogP contribution is -2.47. The van der Waals surface area contributed by atoms with E-state index in [1.54, 1.807) is 42.6 Å². The highest BCUT2D eigenvalue weighted by molar-refractivity contribution is 6.01. The Morgan fingerprint density at radius 2 is 1.53 bits per heavy atom. The molecule has 3 amide bonds. The number of piperidine rings is 2. The summed E-state index contributed by atoms with van der Waals surface area (Å²) in [6.45, 7) is 1.82. The van der Waals surface area contributed by atoms with Gasteiger partial charge in [0, 0.05) is 53.5 Å². The van der Waals surface area contributed by atoms with E-state index in [0.29, 0.717) is 46.4 Å². The Morgan fingerprint density at radius 1 is 0.776 bits per heavy atom. The number of aromatic nitrogens is 3. The second-order valence-corrected chi connectivity index (χ2v) is 16.3. The van der Waals surface area contributed by atoms with Gasteiger partial charge < -0.3 is 25.8 Å². The van der Waals surface area contributed by atoms with E-state index in [2.05, 4.69) is 41.1 Å².